The Morgan fingerprint density at radius 2 is 1.80 bits per heavy atom. The van der Waals surface area contributed by atoms with Crippen molar-refractivity contribution in [2.24, 2.45) is 0 Å². The molecular weight excluding hydrogens is 387 g/mol. The molecule has 6 nitrogen and oxygen atoms in total. The van der Waals surface area contributed by atoms with Crippen LogP contribution in [0, 0.1) is 19.7 Å². The van der Waals surface area contributed by atoms with Crippen molar-refractivity contribution in [2.45, 2.75) is 20.8 Å². The summed E-state index contributed by atoms with van der Waals surface area (Å²) in [4.78, 5) is 40.9. The molecule has 0 spiro atoms. The predicted octanol–water partition coefficient (Wildman–Crippen LogP) is 4.44. The number of rotatable bonds is 6. The summed E-state index contributed by atoms with van der Waals surface area (Å²) in [5, 5.41) is 2.54. The van der Waals surface area contributed by atoms with Crippen LogP contribution in [0.3, 0.4) is 0 Å². The van der Waals surface area contributed by atoms with Gasteiger partial charge in [0, 0.05) is 22.5 Å². The Kier molecular flexibility index (Phi) is 6.11. The number of nitrogens with one attached hydrogen (secondary N) is 2. The fraction of sp³-hybridized carbons (Fsp3) is 0.174. The van der Waals surface area contributed by atoms with Gasteiger partial charge in [0.15, 0.2) is 0 Å². The highest BCUT2D eigenvalue weighted by Gasteiger charge is 2.31. The summed E-state index contributed by atoms with van der Waals surface area (Å²) in [7, 11) is 0. The molecule has 3 aromatic rings. The second-order valence-corrected chi connectivity index (χ2v) is 6.73. The number of benzene rings is 2. The van der Waals surface area contributed by atoms with E-state index < -0.39 is 23.5 Å². The summed E-state index contributed by atoms with van der Waals surface area (Å²) < 4.78 is 19.7. The average Bonchev–Trinajstić information content (AvgIpc) is 3.05. The Labute approximate surface area is 173 Å². The normalized spacial score (nSPS) is 10.5. The number of aryl methyl sites for hydroxylation is 2. The van der Waals surface area contributed by atoms with Gasteiger partial charge in [-0.2, -0.15) is 0 Å². The number of esters is 1. The van der Waals surface area contributed by atoms with E-state index in [1.54, 1.807) is 38.1 Å². The molecule has 0 fully saturated rings. The fourth-order valence-corrected chi connectivity index (χ4v) is 3.21. The summed E-state index contributed by atoms with van der Waals surface area (Å²) in [6.45, 7) is 5.17. The lowest BCUT2D eigenvalue weighted by Crippen LogP contribution is -2.24. The first kappa shape index (κ1) is 21.0. The Balaban J connectivity index is 2.09. The Hall–Kier alpha value is -3.74. The maximum absolute atomic E-state index is 14.6. The van der Waals surface area contributed by atoms with Crippen molar-refractivity contribution >= 4 is 23.3 Å². The van der Waals surface area contributed by atoms with Gasteiger partial charge in [-0.05, 0) is 44.5 Å². The zero-order valence-electron chi connectivity index (χ0n) is 16.8. The highest BCUT2D eigenvalue weighted by atomic mass is 19.1. The maximum atomic E-state index is 14.6. The van der Waals surface area contributed by atoms with E-state index in [0.717, 1.165) is 5.56 Å². The van der Waals surface area contributed by atoms with Gasteiger partial charge in [-0.1, -0.05) is 30.3 Å². The van der Waals surface area contributed by atoms with Crippen LogP contribution in [0.25, 0.3) is 11.1 Å². The number of Topliss-reactive ketones (excluding diaryl/α,β-unsaturated/α-hetero) is 1. The van der Waals surface area contributed by atoms with Gasteiger partial charge in [0.25, 0.3) is 11.7 Å². The number of H-pyrrole nitrogens is 1. The van der Waals surface area contributed by atoms with Crippen LogP contribution in [-0.2, 0) is 9.53 Å². The SMILES string of the molecule is CCOC(=O)c1c(C)[nH]c(C(=O)C(=O)Nc2cccc(C)c2)c1-c1ccccc1F. The molecule has 1 aromatic heterocycles. The van der Waals surface area contributed by atoms with Crippen molar-refractivity contribution in [2.75, 3.05) is 11.9 Å². The molecule has 3 rings (SSSR count). The number of anilines is 1. The van der Waals surface area contributed by atoms with E-state index >= 15 is 0 Å². The van der Waals surface area contributed by atoms with Crippen LogP contribution in [0.1, 0.15) is 39.0 Å². The molecule has 2 N–H and O–H groups in total. The van der Waals surface area contributed by atoms with Crippen LogP contribution in [0.4, 0.5) is 10.1 Å². The fourth-order valence-electron chi connectivity index (χ4n) is 3.21. The number of carbonyl (C=O) groups is 3. The number of halogens is 1. The highest BCUT2D eigenvalue weighted by molar-refractivity contribution is 6.47. The van der Waals surface area contributed by atoms with E-state index in [1.807, 2.05) is 13.0 Å². The maximum Gasteiger partial charge on any atom is 0.340 e. The van der Waals surface area contributed by atoms with Crippen LogP contribution in [0.5, 0.6) is 0 Å². The molecule has 0 radical (unpaired) electrons. The number of carbonyl (C=O) groups excluding carboxylic acids is 3. The third-order valence-corrected chi connectivity index (χ3v) is 4.52. The summed E-state index contributed by atoms with van der Waals surface area (Å²) in [6, 6.07) is 12.7. The topological polar surface area (TPSA) is 88.3 Å². The van der Waals surface area contributed by atoms with Gasteiger partial charge < -0.3 is 15.0 Å². The summed E-state index contributed by atoms with van der Waals surface area (Å²) in [6.07, 6.45) is 0. The predicted molar refractivity (Wildman–Crippen MR) is 111 cm³/mol. The van der Waals surface area contributed by atoms with Gasteiger partial charge in [0.2, 0.25) is 0 Å². The number of hydrogen-bond donors (Lipinski definition) is 2. The standard InChI is InChI=1S/C23H21FN2O4/c1-4-30-23(29)18-14(3)25-20(19(18)16-10-5-6-11-17(16)24)21(27)22(28)26-15-9-7-8-13(2)12-15/h5-12,25H,4H2,1-3H3,(H,26,28). The molecule has 1 amide bonds. The lowest BCUT2D eigenvalue weighted by atomic mass is 9.97. The first-order valence-corrected chi connectivity index (χ1v) is 9.40. The number of amides is 1. The van der Waals surface area contributed by atoms with Crippen LogP contribution < -0.4 is 5.32 Å². The Morgan fingerprint density at radius 1 is 1.07 bits per heavy atom. The Morgan fingerprint density at radius 3 is 2.47 bits per heavy atom. The molecule has 0 saturated heterocycles. The molecule has 0 aliphatic rings. The minimum Gasteiger partial charge on any atom is -0.462 e. The molecule has 0 aliphatic carbocycles. The first-order chi connectivity index (χ1) is 14.3. The van der Waals surface area contributed by atoms with Crippen molar-refractivity contribution in [1.29, 1.82) is 0 Å². The molecule has 154 valence electrons. The summed E-state index contributed by atoms with van der Waals surface area (Å²) in [5.74, 6) is -3.17. The van der Waals surface area contributed by atoms with E-state index in [4.69, 9.17) is 4.74 Å². The number of aromatic amines is 1. The van der Waals surface area contributed by atoms with E-state index in [2.05, 4.69) is 10.3 Å². The van der Waals surface area contributed by atoms with E-state index in [0.29, 0.717) is 11.4 Å². The number of ketones is 1. The number of aromatic nitrogens is 1. The van der Waals surface area contributed by atoms with Crippen LogP contribution in [-0.4, -0.2) is 29.3 Å². The summed E-state index contributed by atoms with van der Waals surface area (Å²) in [5.41, 5.74) is 1.55. The molecule has 2 aromatic carbocycles. The molecule has 7 heteroatoms. The lowest BCUT2D eigenvalue weighted by molar-refractivity contribution is -0.112. The molecule has 30 heavy (non-hydrogen) atoms. The summed E-state index contributed by atoms with van der Waals surface area (Å²) >= 11 is 0. The van der Waals surface area contributed by atoms with E-state index in [9.17, 15) is 18.8 Å². The van der Waals surface area contributed by atoms with Crippen molar-refractivity contribution in [3.8, 4) is 11.1 Å². The van der Waals surface area contributed by atoms with Crippen LogP contribution in [0.2, 0.25) is 0 Å². The largest absolute Gasteiger partial charge is 0.462 e. The highest BCUT2D eigenvalue weighted by Crippen LogP contribution is 2.33. The van der Waals surface area contributed by atoms with Crippen molar-refractivity contribution < 1.29 is 23.5 Å². The monoisotopic (exact) mass is 408 g/mol. The van der Waals surface area contributed by atoms with E-state index in [1.165, 1.54) is 18.2 Å². The van der Waals surface area contributed by atoms with Crippen molar-refractivity contribution in [1.82, 2.24) is 4.98 Å². The van der Waals surface area contributed by atoms with Gasteiger partial charge >= 0.3 is 5.97 Å². The molecule has 0 aliphatic heterocycles. The second-order valence-electron chi connectivity index (χ2n) is 6.73. The lowest BCUT2D eigenvalue weighted by Gasteiger charge is -2.09. The molecule has 1 heterocycles. The quantitative estimate of drug-likeness (QED) is 0.359. The van der Waals surface area contributed by atoms with Gasteiger partial charge in [0.05, 0.1) is 12.2 Å². The van der Waals surface area contributed by atoms with Gasteiger partial charge in [-0.15, -0.1) is 0 Å². The number of hydrogen-bond acceptors (Lipinski definition) is 4. The van der Waals surface area contributed by atoms with Crippen molar-refractivity contribution in [3.05, 3.63) is 76.9 Å². The molecule has 0 unspecified atom stereocenters. The molecular formula is C23H21FN2O4. The third-order valence-electron chi connectivity index (χ3n) is 4.52. The second kappa shape index (κ2) is 8.73. The minimum absolute atomic E-state index is 0.00782. The van der Waals surface area contributed by atoms with E-state index in [-0.39, 0.29) is 29.0 Å². The molecule has 0 saturated carbocycles. The van der Waals surface area contributed by atoms with Crippen LogP contribution in [0.15, 0.2) is 48.5 Å². The first-order valence-electron chi connectivity index (χ1n) is 9.40. The molecule has 0 atom stereocenters. The van der Waals surface area contributed by atoms with Crippen LogP contribution >= 0.6 is 0 Å². The third kappa shape index (κ3) is 4.15. The number of ether oxygens (including phenoxy) is 1. The van der Waals surface area contributed by atoms with Gasteiger partial charge in [-0.25, -0.2) is 9.18 Å². The average molecular weight is 408 g/mol. The van der Waals surface area contributed by atoms with Crippen molar-refractivity contribution in [3.63, 3.8) is 0 Å². The van der Waals surface area contributed by atoms with Gasteiger partial charge in [-0.3, -0.25) is 9.59 Å². The minimum atomic E-state index is -0.923. The van der Waals surface area contributed by atoms with Gasteiger partial charge in [0.1, 0.15) is 11.5 Å². The molecule has 0 bridgehead atoms. The smallest absolute Gasteiger partial charge is 0.340 e. The Bertz CT molecular complexity index is 1130. The zero-order chi connectivity index (χ0) is 21.8. The zero-order valence-corrected chi connectivity index (χ0v) is 16.8.